The van der Waals surface area contributed by atoms with Crippen molar-refractivity contribution in [3.8, 4) is 0 Å². The molecule has 2 aromatic carbocycles. The zero-order chi connectivity index (χ0) is 21.5. The number of hydrogen-bond acceptors (Lipinski definition) is 4. The normalized spacial score (nSPS) is 17.3. The highest BCUT2D eigenvalue weighted by molar-refractivity contribution is 7.90. The number of fused-ring (bicyclic) bond motifs is 1. The van der Waals surface area contributed by atoms with Crippen LogP contribution < -0.4 is 5.32 Å². The van der Waals surface area contributed by atoms with Gasteiger partial charge in [-0.3, -0.25) is 4.79 Å². The van der Waals surface area contributed by atoms with Crippen molar-refractivity contribution in [1.82, 2.24) is 9.21 Å². The number of amides is 3. The van der Waals surface area contributed by atoms with Gasteiger partial charge in [0.15, 0.2) is 0 Å². The van der Waals surface area contributed by atoms with E-state index in [2.05, 4.69) is 5.32 Å². The Morgan fingerprint density at radius 2 is 2.00 bits per heavy atom. The number of benzene rings is 2. The number of urea groups is 1. The first kappa shape index (κ1) is 19.8. The minimum absolute atomic E-state index is 0. The van der Waals surface area contributed by atoms with Crippen LogP contribution >= 0.6 is 0 Å². The number of sulfonamides is 1. The molecule has 0 fully saturated rings. The van der Waals surface area contributed by atoms with E-state index in [1.807, 2.05) is 37.3 Å². The average Bonchev–Trinajstić information content (AvgIpc) is 2.72. The largest absolute Gasteiger partial charge is 0.336 e. The van der Waals surface area contributed by atoms with Crippen molar-refractivity contribution < 1.29 is 23.8 Å². The van der Waals surface area contributed by atoms with Crippen LogP contribution in [0, 0.1) is 12.7 Å². The number of carbonyl (C=O) groups excluding carboxylic acids is 2. The van der Waals surface area contributed by atoms with E-state index in [-0.39, 0.29) is 18.6 Å². The molecule has 156 valence electrons. The van der Waals surface area contributed by atoms with Gasteiger partial charge in [-0.1, -0.05) is 30.3 Å². The quantitative estimate of drug-likeness (QED) is 0.811. The number of nitrogens with zero attached hydrogens (tertiary/aromatic N) is 2. The Hall–Kier alpha value is -3.46. The summed E-state index contributed by atoms with van der Waals surface area (Å²) in [7, 11) is -4.35. The van der Waals surface area contributed by atoms with E-state index in [1.54, 1.807) is 12.3 Å². The van der Waals surface area contributed by atoms with Crippen molar-refractivity contribution in [3.05, 3.63) is 77.8 Å². The van der Waals surface area contributed by atoms with Gasteiger partial charge in [0, 0.05) is 14.2 Å². The average molecular weight is 429 g/mol. The number of anilines is 1. The van der Waals surface area contributed by atoms with Gasteiger partial charge in [-0.05, 0) is 47.9 Å². The third-order valence-electron chi connectivity index (χ3n) is 4.98. The van der Waals surface area contributed by atoms with Crippen molar-refractivity contribution in [2.24, 2.45) is 0 Å². The highest BCUT2D eigenvalue weighted by Gasteiger charge is 2.38. The molecule has 3 amide bonds. The van der Waals surface area contributed by atoms with Gasteiger partial charge in [0.05, 0.1) is 5.69 Å². The van der Waals surface area contributed by atoms with Crippen LogP contribution in [0.1, 0.15) is 12.6 Å². The van der Waals surface area contributed by atoms with Crippen molar-refractivity contribution in [2.45, 2.75) is 11.8 Å². The Morgan fingerprint density at radius 1 is 1.23 bits per heavy atom. The number of nitrogens with one attached hydrogen (secondary N) is 1. The summed E-state index contributed by atoms with van der Waals surface area (Å²) >= 11 is 0. The van der Waals surface area contributed by atoms with Crippen LogP contribution in [0.3, 0.4) is 0 Å². The Bertz CT molecular complexity index is 1230. The summed E-state index contributed by atoms with van der Waals surface area (Å²) in [5.74, 6) is -1.34. The molecule has 0 bridgehead atoms. The van der Waals surface area contributed by atoms with Gasteiger partial charge in [0.25, 0.3) is 10.0 Å². The maximum absolute atomic E-state index is 13.5. The highest BCUT2D eigenvalue weighted by Crippen LogP contribution is 2.31. The number of hydrogen-bond donors (Lipinski definition) is 1. The smallest absolute Gasteiger partial charge is 0.314 e. The number of allylic oxidation sites excluding steroid dienone is 2. The monoisotopic (exact) mass is 429 g/mol. The Morgan fingerprint density at radius 3 is 2.70 bits per heavy atom. The van der Waals surface area contributed by atoms with Crippen LogP contribution in [-0.2, 0) is 14.8 Å². The first-order chi connectivity index (χ1) is 14.3. The lowest BCUT2D eigenvalue weighted by Gasteiger charge is -2.30. The van der Waals surface area contributed by atoms with Gasteiger partial charge in [-0.2, -0.15) is 0 Å². The van der Waals surface area contributed by atoms with Crippen molar-refractivity contribution in [3.63, 3.8) is 0 Å². The van der Waals surface area contributed by atoms with E-state index < -0.39 is 34.3 Å². The molecule has 0 aliphatic carbocycles. The van der Waals surface area contributed by atoms with Crippen molar-refractivity contribution in [2.75, 3.05) is 18.4 Å². The first-order valence-electron chi connectivity index (χ1n) is 9.14. The Balaban J connectivity index is 0.00000272. The molecule has 2 heterocycles. The molecule has 30 heavy (non-hydrogen) atoms. The molecule has 0 radical (unpaired) electrons. The summed E-state index contributed by atoms with van der Waals surface area (Å²) in [4.78, 5) is 25.9. The van der Waals surface area contributed by atoms with Gasteiger partial charge >= 0.3 is 6.03 Å². The van der Waals surface area contributed by atoms with Crippen LogP contribution in [0.5, 0.6) is 0 Å². The molecule has 0 spiro atoms. The standard InChI is InChI=1S/C21H18FN3O4S.H2/c1-14-4-2-3-5-17(14)15-8-10-24(11-9-15)20(26)13-25-21(27)23-18-7-6-16(22)12-19(18)30(25,28)29;/h2-10,12H,11,13H2,1H3,(H,23,27);1H. The summed E-state index contributed by atoms with van der Waals surface area (Å²) < 4.78 is 39.5. The first-order valence-corrected chi connectivity index (χ1v) is 10.6. The predicted octanol–water partition coefficient (Wildman–Crippen LogP) is 3.36. The number of halogens is 1. The maximum Gasteiger partial charge on any atom is 0.336 e. The molecule has 0 atom stereocenters. The summed E-state index contributed by atoms with van der Waals surface area (Å²) in [6.45, 7) is 1.53. The lowest BCUT2D eigenvalue weighted by atomic mass is 9.99. The topological polar surface area (TPSA) is 86.8 Å². The van der Waals surface area contributed by atoms with Crippen LogP contribution in [0.15, 0.2) is 65.7 Å². The van der Waals surface area contributed by atoms with E-state index >= 15 is 0 Å². The van der Waals surface area contributed by atoms with Gasteiger partial charge in [-0.15, -0.1) is 0 Å². The molecule has 0 saturated carbocycles. The van der Waals surface area contributed by atoms with E-state index in [1.165, 1.54) is 11.0 Å². The predicted molar refractivity (Wildman–Crippen MR) is 111 cm³/mol. The second-order valence-corrected chi connectivity index (χ2v) is 8.75. The molecule has 2 aliphatic rings. The Kier molecular flexibility index (Phi) is 4.90. The summed E-state index contributed by atoms with van der Waals surface area (Å²) in [5.41, 5.74) is 3.06. The van der Waals surface area contributed by atoms with Gasteiger partial charge in [0.1, 0.15) is 17.3 Å². The third-order valence-corrected chi connectivity index (χ3v) is 6.75. The molecule has 0 unspecified atom stereocenters. The number of rotatable bonds is 3. The van der Waals surface area contributed by atoms with Crippen LogP contribution in [-0.4, -0.2) is 42.7 Å². The lowest BCUT2D eigenvalue weighted by molar-refractivity contribution is -0.128. The number of aryl methyl sites for hydroxylation is 1. The van der Waals surface area contributed by atoms with E-state index in [0.29, 0.717) is 4.31 Å². The van der Waals surface area contributed by atoms with Crippen molar-refractivity contribution in [1.29, 1.82) is 0 Å². The summed E-state index contributed by atoms with van der Waals surface area (Å²) in [6.07, 6.45) is 5.18. The number of carbonyl (C=O) groups is 2. The molecule has 1 N–H and O–H groups in total. The fourth-order valence-corrected chi connectivity index (χ4v) is 4.81. The second-order valence-electron chi connectivity index (χ2n) is 6.92. The fraction of sp³-hybridized carbons (Fsp3) is 0.143. The molecule has 4 rings (SSSR count). The molecule has 2 aliphatic heterocycles. The van der Waals surface area contributed by atoms with E-state index in [4.69, 9.17) is 0 Å². The fourth-order valence-electron chi connectivity index (χ4n) is 3.37. The molecule has 0 saturated heterocycles. The van der Waals surface area contributed by atoms with Gasteiger partial charge in [0.2, 0.25) is 5.91 Å². The molecule has 2 aromatic rings. The zero-order valence-electron chi connectivity index (χ0n) is 16.0. The summed E-state index contributed by atoms with van der Waals surface area (Å²) in [6, 6.07) is 9.91. The lowest BCUT2D eigenvalue weighted by Crippen LogP contribution is -2.49. The Labute approximate surface area is 174 Å². The van der Waals surface area contributed by atoms with E-state index in [9.17, 15) is 22.4 Å². The molecule has 0 aromatic heterocycles. The third kappa shape index (κ3) is 3.48. The minimum Gasteiger partial charge on any atom is -0.314 e. The molecular weight excluding hydrogens is 409 g/mol. The highest BCUT2D eigenvalue weighted by atomic mass is 32.2. The maximum atomic E-state index is 13.5. The molecular formula is C21H20FN3O4S. The summed E-state index contributed by atoms with van der Waals surface area (Å²) in [5, 5.41) is 2.38. The van der Waals surface area contributed by atoms with Crippen LogP contribution in [0.4, 0.5) is 14.9 Å². The second kappa shape index (κ2) is 7.42. The zero-order valence-corrected chi connectivity index (χ0v) is 16.8. The molecule has 9 heteroatoms. The van der Waals surface area contributed by atoms with E-state index in [0.717, 1.165) is 28.8 Å². The van der Waals surface area contributed by atoms with Gasteiger partial charge < -0.3 is 10.2 Å². The minimum atomic E-state index is -4.35. The van der Waals surface area contributed by atoms with Crippen molar-refractivity contribution >= 4 is 33.2 Å². The van der Waals surface area contributed by atoms with Crippen LogP contribution in [0.25, 0.3) is 5.57 Å². The van der Waals surface area contributed by atoms with Crippen LogP contribution in [0.2, 0.25) is 0 Å². The van der Waals surface area contributed by atoms with Gasteiger partial charge in [-0.25, -0.2) is 21.9 Å². The SMILES string of the molecule is Cc1ccccc1C1=CCN(C(=O)CN2C(=O)Nc3ccc(F)cc3S2(=O)=O)C=C1.[HH]. The molecule has 7 nitrogen and oxygen atoms in total.